The number of amides is 2. The monoisotopic (exact) mass is 391 g/mol. The zero-order valence-corrected chi connectivity index (χ0v) is 17.0. The van der Waals surface area contributed by atoms with Gasteiger partial charge >= 0.3 is 0 Å². The molecule has 0 spiro atoms. The van der Waals surface area contributed by atoms with Gasteiger partial charge in [-0.2, -0.15) is 0 Å². The largest absolute Gasteiger partial charge is 0.339 e. The van der Waals surface area contributed by atoms with Gasteiger partial charge in [0.15, 0.2) is 0 Å². The summed E-state index contributed by atoms with van der Waals surface area (Å²) in [6.45, 7) is 6.15. The molecular weight excluding hydrogens is 362 g/mol. The van der Waals surface area contributed by atoms with E-state index in [1.165, 1.54) is 6.42 Å². The molecule has 0 saturated carbocycles. The maximum atomic E-state index is 12.7. The number of likely N-dealkylation sites (tertiary alicyclic amines) is 1. The number of benzene rings is 1. The molecule has 0 N–H and O–H groups in total. The van der Waals surface area contributed by atoms with E-state index in [1.54, 1.807) is 30.5 Å². The van der Waals surface area contributed by atoms with Gasteiger partial charge in [-0.1, -0.05) is 0 Å². The Morgan fingerprint density at radius 3 is 2.30 bits per heavy atom. The van der Waals surface area contributed by atoms with Crippen molar-refractivity contribution in [3.63, 3.8) is 0 Å². The zero-order valence-electron chi connectivity index (χ0n) is 16.2. The second kappa shape index (κ2) is 8.97. The van der Waals surface area contributed by atoms with Gasteiger partial charge in [0.05, 0.1) is 6.54 Å². The Morgan fingerprint density at radius 2 is 1.70 bits per heavy atom. The lowest BCUT2D eigenvalue weighted by molar-refractivity contribution is -0.136. The fraction of sp³-hybridized carbons (Fsp3) is 0.600. The number of hydrogen-bond donors (Lipinski definition) is 0. The SMILES string of the molecule is CC1CCCCN1C(=O)CN1CCN(C(=O)c2ccc(S(C)=O)cc2)CC1. The fourth-order valence-corrected chi connectivity index (χ4v) is 4.35. The molecule has 7 heteroatoms. The summed E-state index contributed by atoms with van der Waals surface area (Å²) in [5, 5.41) is 0. The first kappa shape index (κ1) is 20.0. The van der Waals surface area contributed by atoms with Crippen LogP contribution in [0.1, 0.15) is 36.5 Å². The van der Waals surface area contributed by atoms with E-state index < -0.39 is 10.8 Å². The van der Waals surface area contributed by atoms with Gasteiger partial charge in [0.2, 0.25) is 5.91 Å². The highest BCUT2D eigenvalue weighted by atomic mass is 32.2. The molecule has 2 amide bonds. The van der Waals surface area contributed by atoms with Crippen LogP contribution >= 0.6 is 0 Å². The van der Waals surface area contributed by atoms with Crippen LogP contribution < -0.4 is 0 Å². The third-order valence-electron chi connectivity index (χ3n) is 5.57. The average molecular weight is 392 g/mol. The predicted molar refractivity (Wildman–Crippen MR) is 106 cm³/mol. The van der Waals surface area contributed by atoms with Crippen LogP contribution in [0.25, 0.3) is 0 Å². The van der Waals surface area contributed by atoms with E-state index in [1.807, 2.05) is 9.80 Å². The molecule has 1 aromatic carbocycles. The van der Waals surface area contributed by atoms with Crippen LogP contribution in [0.2, 0.25) is 0 Å². The highest BCUT2D eigenvalue weighted by Crippen LogP contribution is 2.17. The Balaban J connectivity index is 1.50. The molecule has 0 aliphatic carbocycles. The number of hydrogen-bond acceptors (Lipinski definition) is 4. The molecule has 2 saturated heterocycles. The van der Waals surface area contributed by atoms with E-state index in [0.29, 0.717) is 31.2 Å². The number of rotatable bonds is 4. The van der Waals surface area contributed by atoms with Gasteiger partial charge in [0.1, 0.15) is 0 Å². The third kappa shape index (κ3) is 4.96. The number of nitrogens with zero attached hydrogens (tertiary/aromatic N) is 3. The Bertz CT molecular complexity index is 699. The third-order valence-corrected chi connectivity index (χ3v) is 6.51. The van der Waals surface area contributed by atoms with E-state index in [2.05, 4.69) is 11.8 Å². The first-order chi connectivity index (χ1) is 13.0. The van der Waals surface area contributed by atoms with E-state index in [4.69, 9.17) is 0 Å². The lowest BCUT2D eigenvalue weighted by atomic mass is 10.0. The van der Waals surface area contributed by atoms with Crippen LogP contribution in [0.4, 0.5) is 0 Å². The Labute approximate surface area is 164 Å². The van der Waals surface area contributed by atoms with Crippen molar-refractivity contribution in [1.82, 2.24) is 14.7 Å². The lowest BCUT2D eigenvalue weighted by Gasteiger charge is -2.38. The van der Waals surface area contributed by atoms with Gasteiger partial charge in [0, 0.05) is 66.3 Å². The molecule has 0 aromatic heterocycles. The molecule has 2 atom stereocenters. The van der Waals surface area contributed by atoms with Gasteiger partial charge < -0.3 is 9.80 Å². The molecule has 2 aliphatic heterocycles. The van der Waals surface area contributed by atoms with Crippen molar-refractivity contribution in [3.8, 4) is 0 Å². The molecule has 148 valence electrons. The number of piperidine rings is 1. The number of carbonyl (C=O) groups excluding carboxylic acids is 2. The van der Waals surface area contributed by atoms with Gasteiger partial charge in [-0.05, 0) is 50.5 Å². The second-order valence-corrected chi connectivity index (χ2v) is 8.86. The van der Waals surface area contributed by atoms with E-state index in [0.717, 1.165) is 37.4 Å². The Kier molecular flexibility index (Phi) is 6.65. The van der Waals surface area contributed by atoms with Crippen LogP contribution in [0.15, 0.2) is 29.2 Å². The highest BCUT2D eigenvalue weighted by Gasteiger charge is 2.27. The Morgan fingerprint density at radius 1 is 1.04 bits per heavy atom. The van der Waals surface area contributed by atoms with Gasteiger partial charge in [-0.15, -0.1) is 0 Å². The standard InChI is InChI=1S/C20H29N3O3S/c1-16-5-3-4-10-23(16)19(24)15-21-11-13-22(14-12-21)20(25)17-6-8-18(9-7-17)27(2)26/h6-9,16H,3-5,10-15H2,1-2H3. The van der Waals surface area contributed by atoms with Crippen molar-refractivity contribution < 1.29 is 13.8 Å². The van der Waals surface area contributed by atoms with E-state index >= 15 is 0 Å². The fourth-order valence-electron chi connectivity index (χ4n) is 3.83. The summed E-state index contributed by atoms with van der Waals surface area (Å²) in [5.41, 5.74) is 0.621. The first-order valence-corrected chi connectivity index (χ1v) is 11.3. The zero-order chi connectivity index (χ0) is 19.4. The van der Waals surface area contributed by atoms with Crippen molar-refractivity contribution in [3.05, 3.63) is 29.8 Å². The normalized spacial score (nSPS) is 22.5. The molecule has 2 unspecified atom stereocenters. The van der Waals surface area contributed by atoms with Crippen molar-refractivity contribution in [2.45, 2.75) is 37.1 Å². The molecule has 27 heavy (non-hydrogen) atoms. The molecule has 2 aliphatic rings. The molecule has 0 bridgehead atoms. The molecule has 2 heterocycles. The molecular formula is C20H29N3O3S. The van der Waals surface area contributed by atoms with Crippen molar-refractivity contribution in [2.75, 3.05) is 45.5 Å². The summed E-state index contributed by atoms with van der Waals surface area (Å²) in [7, 11) is -1.04. The van der Waals surface area contributed by atoms with Crippen LogP contribution in [0.5, 0.6) is 0 Å². The summed E-state index contributed by atoms with van der Waals surface area (Å²) in [5.74, 6) is 0.212. The minimum absolute atomic E-state index is 0.000866. The van der Waals surface area contributed by atoms with E-state index in [9.17, 15) is 13.8 Å². The van der Waals surface area contributed by atoms with Crippen LogP contribution in [0.3, 0.4) is 0 Å². The number of piperazine rings is 1. The maximum absolute atomic E-state index is 12.7. The summed E-state index contributed by atoms with van der Waals surface area (Å²) in [4.78, 5) is 32.0. The Hall–Kier alpha value is -1.73. The van der Waals surface area contributed by atoms with E-state index in [-0.39, 0.29) is 11.8 Å². The average Bonchev–Trinajstić information content (AvgIpc) is 2.68. The van der Waals surface area contributed by atoms with Crippen LogP contribution in [0, 0.1) is 0 Å². The molecule has 1 aromatic rings. The van der Waals surface area contributed by atoms with Gasteiger partial charge in [-0.25, -0.2) is 0 Å². The minimum atomic E-state index is -1.04. The summed E-state index contributed by atoms with van der Waals surface area (Å²) >= 11 is 0. The molecule has 2 fully saturated rings. The summed E-state index contributed by atoms with van der Waals surface area (Å²) < 4.78 is 11.5. The van der Waals surface area contributed by atoms with Crippen molar-refractivity contribution in [1.29, 1.82) is 0 Å². The number of carbonyl (C=O) groups is 2. The molecule has 6 nitrogen and oxygen atoms in total. The van der Waals surface area contributed by atoms with Crippen molar-refractivity contribution in [2.24, 2.45) is 0 Å². The lowest BCUT2D eigenvalue weighted by Crippen LogP contribution is -2.53. The summed E-state index contributed by atoms with van der Waals surface area (Å²) in [6.07, 6.45) is 5.03. The van der Waals surface area contributed by atoms with Crippen molar-refractivity contribution >= 4 is 22.6 Å². The second-order valence-electron chi connectivity index (χ2n) is 7.48. The van der Waals surface area contributed by atoms with Crippen LogP contribution in [-0.2, 0) is 15.6 Å². The topological polar surface area (TPSA) is 60.9 Å². The predicted octanol–water partition coefficient (Wildman–Crippen LogP) is 1.58. The molecule has 3 rings (SSSR count). The molecule has 0 radical (unpaired) electrons. The van der Waals surface area contributed by atoms with Crippen LogP contribution in [-0.4, -0.2) is 82.3 Å². The summed E-state index contributed by atoms with van der Waals surface area (Å²) in [6, 6.07) is 7.32. The highest BCUT2D eigenvalue weighted by molar-refractivity contribution is 7.84. The first-order valence-electron chi connectivity index (χ1n) is 9.70. The van der Waals surface area contributed by atoms with Gasteiger partial charge in [-0.3, -0.25) is 18.7 Å². The van der Waals surface area contributed by atoms with Gasteiger partial charge in [0.25, 0.3) is 5.91 Å². The smallest absolute Gasteiger partial charge is 0.253 e. The quantitative estimate of drug-likeness (QED) is 0.782. The maximum Gasteiger partial charge on any atom is 0.253 e. The minimum Gasteiger partial charge on any atom is -0.339 e.